The zero-order chi connectivity index (χ0) is 15.7. The molecule has 0 radical (unpaired) electrons. The Hall–Kier alpha value is -1.13. The normalized spacial score (nSPS) is 11.1. The highest BCUT2D eigenvalue weighted by Crippen LogP contribution is 2.21. The summed E-state index contributed by atoms with van der Waals surface area (Å²) in [4.78, 5) is 7.25. The van der Waals surface area contributed by atoms with Gasteiger partial charge in [0, 0.05) is 31.9 Å². The van der Waals surface area contributed by atoms with Crippen molar-refractivity contribution < 1.29 is 4.74 Å². The Morgan fingerprint density at radius 3 is 2.48 bits per heavy atom. The number of hydrogen-bond acceptors (Lipinski definition) is 4. The van der Waals surface area contributed by atoms with E-state index in [1.807, 2.05) is 7.05 Å². The first-order valence-corrected chi connectivity index (χ1v) is 8.10. The summed E-state index contributed by atoms with van der Waals surface area (Å²) in [6, 6.07) is 4.92. The summed E-state index contributed by atoms with van der Waals surface area (Å²) in [6.45, 7) is 9.14. The first-order chi connectivity index (χ1) is 10.2. The van der Waals surface area contributed by atoms with Crippen LogP contribution in [0.2, 0.25) is 0 Å². The van der Waals surface area contributed by atoms with E-state index < -0.39 is 0 Å². The number of nitrogens with one attached hydrogen (secondary N) is 1. The second kappa shape index (κ2) is 9.74. The highest BCUT2D eigenvalue weighted by atomic mass is 16.5. The van der Waals surface area contributed by atoms with Gasteiger partial charge in [-0.05, 0) is 44.0 Å². The van der Waals surface area contributed by atoms with E-state index in [4.69, 9.17) is 9.72 Å². The Morgan fingerprint density at radius 1 is 1.24 bits per heavy atom. The monoisotopic (exact) mass is 293 g/mol. The van der Waals surface area contributed by atoms with Crippen molar-refractivity contribution in [2.75, 3.05) is 32.2 Å². The highest BCUT2D eigenvalue weighted by Gasteiger charge is 2.17. The maximum Gasteiger partial charge on any atom is 0.129 e. The summed E-state index contributed by atoms with van der Waals surface area (Å²) in [5.41, 5.74) is 2.46. The zero-order valence-electron chi connectivity index (χ0n) is 14.3. The molecule has 0 atom stereocenters. The zero-order valence-corrected chi connectivity index (χ0v) is 14.3. The van der Waals surface area contributed by atoms with Crippen LogP contribution in [-0.2, 0) is 17.7 Å². The molecule has 0 unspecified atom stereocenters. The molecular formula is C17H31N3O. The van der Waals surface area contributed by atoms with Gasteiger partial charge in [0.25, 0.3) is 0 Å². The molecule has 0 aliphatic carbocycles. The van der Waals surface area contributed by atoms with E-state index >= 15 is 0 Å². The van der Waals surface area contributed by atoms with Gasteiger partial charge in [0.05, 0.1) is 6.61 Å². The maximum absolute atomic E-state index is 5.29. The Balaban J connectivity index is 3.11. The fraction of sp³-hybridized carbons (Fsp3) is 0.706. The van der Waals surface area contributed by atoms with E-state index in [1.165, 1.54) is 5.56 Å². The highest BCUT2D eigenvalue weighted by molar-refractivity contribution is 5.44. The second-order valence-corrected chi connectivity index (χ2v) is 5.37. The first kappa shape index (κ1) is 17.9. The SMILES string of the molecule is CCc1cc(CNC)cc(N(CCOC)C(CC)CC)n1. The Bertz CT molecular complexity index is 405. The van der Waals surface area contributed by atoms with Crippen LogP contribution in [0.3, 0.4) is 0 Å². The standard InChI is InChI=1S/C17H31N3O/c1-6-15-11-14(13-18-4)12-17(19-15)20(9-10-21-5)16(7-2)8-3/h11-12,16,18H,6-10,13H2,1-5H3. The van der Waals surface area contributed by atoms with Crippen LogP contribution >= 0.6 is 0 Å². The molecule has 4 heteroatoms. The molecule has 0 saturated carbocycles. The van der Waals surface area contributed by atoms with Crippen LogP contribution in [0.25, 0.3) is 0 Å². The van der Waals surface area contributed by atoms with E-state index in [0.29, 0.717) is 6.04 Å². The van der Waals surface area contributed by atoms with Gasteiger partial charge >= 0.3 is 0 Å². The molecule has 0 aromatic carbocycles. The lowest BCUT2D eigenvalue weighted by atomic mass is 10.1. The van der Waals surface area contributed by atoms with Gasteiger partial charge in [-0.1, -0.05) is 20.8 Å². The Labute approximate surface area is 129 Å². The second-order valence-electron chi connectivity index (χ2n) is 5.37. The van der Waals surface area contributed by atoms with Crippen molar-refractivity contribution in [1.29, 1.82) is 0 Å². The number of hydrogen-bond donors (Lipinski definition) is 1. The van der Waals surface area contributed by atoms with E-state index in [0.717, 1.165) is 50.5 Å². The van der Waals surface area contributed by atoms with Crippen LogP contribution in [0.1, 0.15) is 44.9 Å². The molecular weight excluding hydrogens is 262 g/mol. The van der Waals surface area contributed by atoms with Crippen LogP contribution in [0.4, 0.5) is 5.82 Å². The number of ether oxygens (including phenoxy) is 1. The smallest absolute Gasteiger partial charge is 0.129 e. The number of anilines is 1. The van der Waals surface area contributed by atoms with Crippen LogP contribution in [0.15, 0.2) is 12.1 Å². The lowest BCUT2D eigenvalue weighted by molar-refractivity contribution is 0.202. The van der Waals surface area contributed by atoms with Gasteiger partial charge in [-0.25, -0.2) is 4.98 Å². The molecule has 1 rings (SSSR count). The summed E-state index contributed by atoms with van der Waals surface area (Å²) in [5, 5.41) is 3.23. The molecule has 4 nitrogen and oxygen atoms in total. The lowest BCUT2D eigenvalue weighted by Crippen LogP contribution is -2.38. The number of nitrogens with zero attached hydrogens (tertiary/aromatic N) is 2. The minimum absolute atomic E-state index is 0.516. The van der Waals surface area contributed by atoms with Gasteiger partial charge < -0.3 is 15.0 Å². The summed E-state index contributed by atoms with van der Waals surface area (Å²) in [6.07, 6.45) is 3.21. The number of rotatable bonds is 10. The molecule has 21 heavy (non-hydrogen) atoms. The minimum Gasteiger partial charge on any atom is -0.383 e. The van der Waals surface area contributed by atoms with E-state index in [2.05, 4.69) is 43.1 Å². The van der Waals surface area contributed by atoms with Crippen LogP contribution in [0, 0.1) is 0 Å². The molecule has 0 bridgehead atoms. The van der Waals surface area contributed by atoms with Crippen molar-refractivity contribution in [3.05, 3.63) is 23.4 Å². The predicted octanol–water partition coefficient (Wildman–Crippen LogP) is 3.00. The van der Waals surface area contributed by atoms with Gasteiger partial charge in [0.15, 0.2) is 0 Å². The topological polar surface area (TPSA) is 37.4 Å². The molecule has 0 aliphatic rings. The lowest BCUT2D eigenvalue weighted by Gasteiger charge is -2.32. The van der Waals surface area contributed by atoms with Crippen LogP contribution < -0.4 is 10.2 Å². The fourth-order valence-electron chi connectivity index (χ4n) is 2.67. The summed E-state index contributed by atoms with van der Waals surface area (Å²) >= 11 is 0. The minimum atomic E-state index is 0.516. The molecule has 1 aromatic rings. The molecule has 0 aliphatic heterocycles. The Morgan fingerprint density at radius 2 is 1.95 bits per heavy atom. The Kier molecular flexibility index (Phi) is 8.31. The number of methoxy groups -OCH3 is 1. The van der Waals surface area contributed by atoms with Gasteiger partial charge in [-0.15, -0.1) is 0 Å². The summed E-state index contributed by atoms with van der Waals surface area (Å²) in [7, 11) is 3.74. The van der Waals surface area contributed by atoms with Gasteiger partial charge in [-0.3, -0.25) is 0 Å². The molecule has 0 amide bonds. The molecule has 1 aromatic heterocycles. The van der Waals surface area contributed by atoms with Crippen molar-refractivity contribution in [2.24, 2.45) is 0 Å². The number of aromatic nitrogens is 1. The summed E-state index contributed by atoms with van der Waals surface area (Å²) < 4.78 is 5.29. The average Bonchev–Trinajstić information content (AvgIpc) is 2.51. The van der Waals surface area contributed by atoms with Crippen molar-refractivity contribution in [3.63, 3.8) is 0 Å². The molecule has 120 valence electrons. The van der Waals surface area contributed by atoms with E-state index in [9.17, 15) is 0 Å². The molecule has 1 heterocycles. The van der Waals surface area contributed by atoms with Crippen molar-refractivity contribution in [2.45, 2.75) is 52.6 Å². The van der Waals surface area contributed by atoms with Gasteiger partial charge in [0.1, 0.15) is 5.82 Å². The predicted molar refractivity (Wildman–Crippen MR) is 90.0 cm³/mol. The maximum atomic E-state index is 5.29. The quantitative estimate of drug-likeness (QED) is 0.719. The first-order valence-electron chi connectivity index (χ1n) is 8.10. The van der Waals surface area contributed by atoms with Crippen molar-refractivity contribution in [1.82, 2.24) is 10.3 Å². The number of aryl methyl sites for hydroxylation is 1. The van der Waals surface area contributed by atoms with Crippen LogP contribution in [-0.4, -0.2) is 38.3 Å². The molecule has 0 saturated heterocycles. The fourth-order valence-corrected chi connectivity index (χ4v) is 2.67. The average molecular weight is 293 g/mol. The third-order valence-electron chi connectivity index (χ3n) is 3.88. The van der Waals surface area contributed by atoms with E-state index in [-0.39, 0.29) is 0 Å². The third kappa shape index (κ3) is 5.29. The molecule has 1 N–H and O–H groups in total. The third-order valence-corrected chi connectivity index (χ3v) is 3.88. The molecule has 0 spiro atoms. The van der Waals surface area contributed by atoms with E-state index in [1.54, 1.807) is 7.11 Å². The van der Waals surface area contributed by atoms with Crippen molar-refractivity contribution >= 4 is 5.82 Å². The summed E-state index contributed by atoms with van der Waals surface area (Å²) in [5.74, 6) is 1.09. The largest absolute Gasteiger partial charge is 0.383 e. The number of pyridine rings is 1. The van der Waals surface area contributed by atoms with Gasteiger partial charge in [-0.2, -0.15) is 0 Å². The van der Waals surface area contributed by atoms with Crippen LogP contribution in [0.5, 0.6) is 0 Å². The van der Waals surface area contributed by atoms with Crippen molar-refractivity contribution in [3.8, 4) is 0 Å². The molecule has 0 fully saturated rings. The van der Waals surface area contributed by atoms with Gasteiger partial charge in [0.2, 0.25) is 0 Å².